The van der Waals surface area contributed by atoms with Gasteiger partial charge in [0.15, 0.2) is 0 Å². The highest BCUT2D eigenvalue weighted by molar-refractivity contribution is 6.30. The summed E-state index contributed by atoms with van der Waals surface area (Å²) in [5, 5.41) is 3.49. The van der Waals surface area contributed by atoms with Crippen LogP contribution >= 0.6 is 11.6 Å². The third-order valence-corrected chi connectivity index (χ3v) is 2.39. The highest BCUT2D eigenvalue weighted by Crippen LogP contribution is 2.15. The molecule has 2 atom stereocenters. The van der Waals surface area contributed by atoms with E-state index in [0.717, 1.165) is 5.56 Å². The first-order valence-electron chi connectivity index (χ1n) is 4.82. The molecule has 82 valence electrons. The summed E-state index contributed by atoms with van der Waals surface area (Å²) in [4.78, 5) is 11.3. The molecule has 0 aliphatic carbocycles. The SMILES string of the molecule is CC(N)C(=O)N[C@H](C)c1ccc(Cl)cc1. The number of hydrogen-bond acceptors (Lipinski definition) is 2. The van der Waals surface area contributed by atoms with Gasteiger partial charge in [-0.05, 0) is 31.5 Å². The van der Waals surface area contributed by atoms with Crippen molar-refractivity contribution in [3.63, 3.8) is 0 Å². The Hall–Kier alpha value is -1.06. The van der Waals surface area contributed by atoms with Crippen molar-refractivity contribution in [3.05, 3.63) is 34.9 Å². The fourth-order valence-electron chi connectivity index (χ4n) is 1.18. The van der Waals surface area contributed by atoms with Gasteiger partial charge in [0, 0.05) is 5.02 Å². The largest absolute Gasteiger partial charge is 0.348 e. The lowest BCUT2D eigenvalue weighted by atomic mass is 10.1. The van der Waals surface area contributed by atoms with Crippen LogP contribution in [-0.2, 0) is 4.79 Å². The van der Waals surface area contributed by atoms with E-state index in [0.29, 0.717) is 5.02 Å². The quantitative estimate of drug-likeness (QED) is 0.827. The summed E-state index contributed by atoms with van der Waals surface area (Å²) >= 11 is 5.77. The van der Waals surface area contributed by atoms with E-state index in [1.807, 2.05) is 19.1 Å². The van der Waals surface area contributed by atoms with E-state index in [1.165, 1.54) is 0 Å². The maximum absolute atomic E-state index is 11.3. The molecule has 1 aromatic rings. The zero-order valence-electron chi connectivity index (χ0n) is 8.83. The number of carbonyl (C=O) groups is 1. The standard InChI is InChI=1S/C11H15ClN2O/c1-7(13)11(15)14-8(2)9-3-5-10(12)6-4-9/h3-8H,13H2,1-2H3,(H,14,15)/t7?,8-/m1/s1. The molecule has 0 aliphatic rings. The van der Waals surface area contributed by atoms with E-state index in [9.17, 15) is 4.79 Å². The first-order chi connectivity index (χ1) is 7.00. The van der Waals surface area contributed by atoms with Gasteiger partial charge >= 0.3 is 0 Å². The molecule has 0 radical (unpaired) electrons. The molecule has 1 aromatic carbocycles. The van der Waals surface area contributed by atoms with Crippen molar-refractivity contribution in [1.82, 2.24) is 5.32 Å². The Labute approximate surface area is 94.6 Å². The van der Waals surface area contributed by atoms with Crippen LogP contribution in [0.1, 0.15) is 25.5 Å². The van der Waals surface area contributed by atoms with E-state index in [2.05, 4.69) is 5.32 Å². The van der Waals surface area contributed by atoms with Gasteiger partial charge in [0.2, 0.25) is 5.91 Å². The lowest BCUT2D eigenvalue weighted by molar-refractivity contribution is -0.122. The zero-order chi connectivity index (χ0) is 11.4. The molecule has 0 heterocycles. The van der Waals surface area contributed by atoms with Gasteiger partial charge in [0.05, 0.1) is 12.1 Å². The second-order valence-corrected chi connectivity index (χ2v) is 4.01. The maximum atomic E-state index is 11.3. The second kappa shape index (κ2) is 5.14. The first kappa shape index (κ1) is 12.0. The third-order valence-electron chi connectivity index (χ3n) is 2.14. The lowest BCUT2D eigenvalue weighted by Gasteiger charge is -2.15. The van der Waals surface area contributed by atoms with Crippen molar-refractivity contribution in [2.24, 2.45) is 5.73 Å². The Morgan fingerprint density at radius 1 is 1.33 bits per heavy atom. The van der Waals surface area contributed by atoms with E-state index in [1.54, 1.807) is 19.1 Å². The predicted octanol–water partition coefficient (Wildman–Crippen LogP) is 1.86. The summed E-state index contributed by atoms with van der Waals surface area (Å²) in [6, 6.07) is 6.82. The van der Waals surface area contributed by atoms with Crippen LogP contribution in [0.25, 0.3) is 0 Å². The Morgan fingerprint density at radius 3 is 2.33 bits per heavy atom. The van der Waals surface area contributed by atoms with Crippen molar-refractivity contribution in [1.29, 1.82) is 0 Å². The van der Waals surface area contributed by atoms with E-state index >= 15 is 0 Å². The Bertz CT molecular complexity index is 335. The van der Waals surface area contributed by atoms with Crippen LogP contribution in [0.4, 0.5) is 0 Å². The van der Waals surface area contributed by atoms with Crippen LogP contribution in [-0.4, -0.2) is 11.9 Å². The highest BCUT2D eigenvalue weighted by Gasteiger charge is 2.12. The number of carbonyl (C=O) groups excluding carboxylic acids is 1. The number of halogens is 1. The average Bonchev–Trinajstić information content (AvgIpc) is 2.18. The molecule has 3 N–H and O–H groups in total. The van der Waals surface area contributed by atoms with Gasteiger partial charge in [-0.3, -0.25) is 4.79 Å². The molecule has 0 aliphatic heterocycles. The Kier molecular flexibility index (Phi) is 4.12. The number of rotatable bonds is 3. The van der Waals surface area contributed by atoms with Gasteiger partial charge in [0.25, 0.3) is 0 Å². The fourth-order valence-corrected chi connectivity index (χ4v) is 1.31. The van der Waals surface area contributed by atoms with Crippen LogP contribution in [0.3, 0.4) is 0 Å². The normalized spacial score (nSPS) is 14.4. The van der Waals surface area contributed by atoms with E-state index in [-0.39, 0.29) is 11.9 Å². The topological polar surface area (TPSA) is 55.1 Å². The number of hydrogen-bond donors (Lipinski definition) is 2. The first-order valence-corrected chi connectivity index (χ1v) is 5.20. The number of nitrogens with one attached hydrogen (secondary N) is 1. The molecule has 0 fully saturated rings. The van der Waals surface area contributed by atoms with Crippen LogP contribution in [0, 0.1) is 0 Å². The monoisotopic (exact) mass is 226 g/mol. The molecule has 15 heavy (non-hydrogen) atoms. The summed E-state index contributed by atoms with van der Waals surface area (Å²) in [6.07, 6.45) is 0. The summed E-state index contributed by atoms with van der Waals surface area (Å²) in [5.74, 6) is -0.155. The van der Waals surface area contributed by atoms with Crippen LogP contribution in [0.5, 0.6) is 0 Å². The van der Waals surface area contributed by atoms with Gasteiger partial charge in [-0.15, -0.1) is 0 Å². The summed E-state index contributed by atoms with van der Waals surface area (Å²) in [6.45, 7) is 3.56. The molecular formula is C11H15ClN2O. The van der Waals surface area contributed by atoms with Gasteiger partial charge in [-0.2, -0.15) is 0 Å². The molecule has 1 rings (SSSR count). The van der Waals surface area contributed by atoms with Gasteiger partial charge in [-0.25, -0.2) is 0 Å². The van der Waals surface area contributed by atoms with Crippen molar-refractivity contribution in [2.75, 3.05) is 0 Å². The molecule has 0 aromatic heterocycles. The minimum Gasteiger partial charge on any atom is -0.348 e. The van der Waals surface area contributed by atoms with Crippen molar-refractivity contribution in [3.8, 4) is 0 Å². The third kappa shape index (κ3) is 3.53. The fraction of sp³-hybridized carbons (Fsp3) is 0.364. The van der Waals surface area contributed by atoms with E-state index < -0.39 is 6.04 Å². The molecule has 4 heteroatoms. The van der Waals surface area contributed by atoms with Gasteiger partial charge in [-0.1, -0.05) is 23.7 Å². The molecule has 0 bridgehead atoms. The molecule has 0 saturated heterocycles. The van der Waals surface area contributed by atoms with Crippen LogP contribution in [0.15, 0.2) is 24.3 Å². The van der Waals surface area contributed by atoms with E-state index in [4.69, 9.17) is 17.3 Å². The molecule has 1 unspecified atom stereocenters. The van der Waals surface area contributed by atoms with Crippen LogP contribution < -0.4 is 11.1 Å². The van der Waals surface area contributed by atoms with Gasteiger partial charge < -0.3 is 11.1 Å². The summed E-state index contributed by atoms with van der Waals surface area (Å²) in [7, 11) is 0. The number of benzene rings is 1. The lowest BCUT2D eigenvalue weighted by Crippen LogP contribution is -2.39. The maximum Gasteiger partial charge on any atom is 0.237 e. The summed E-state index contributed by atoms with van der Waals surface area (Å²) < 4.78 is 0. The van der Waals surface area contributed by atoms with Crippen LogP contribution in [0.2, 0.25) is 5.02 Å². The molecule has 0 saturated carbocycles. The molecular weight excluding hydrogens is 212 g/mol. The predicted molar refractivity (Wildman–Crippen MR) is 61.7 cm³/mol. The number of amides is 1. The highest BCUT2D eigenvalue weighted by atomic mass is 35.5. The molecule has 0 spiro atoms. The smallest absolute Gasteiger partial charge is 0.237 e. The Morgan fingerprint density at radius 2 is 1.87 bits per heavy atom. The molecule has 3 nitrogen and oxygen atoms in total. The average molecular weight is 227 g/mol. The minimum absolute atomic E-state index is 0.0548. The van der Waals surface area contributed by atoms with Gasteiger partial charge in [0.1, 0.15) is 0 Å². The summed E-state index contributed by atoms with van der Waals surface area (Å²) in [5.41, 5.74) is 6.46. The van der Waals surface area contributed by atoms with Crippen molar-refractivity contribution < 1.29 is 4.79 Å². The molecule has 1 amide bonds. The zero-order valence-corrected chi connectivity index (χ0v) is 9.58. The van der Waals surface area contributed by atoms with Crippen molar-refractivity contribution in [2.45, 2.75) is 25.9 Å². The number of nitrogens with two attached hydrogens (primary N) is 1. The van der Waals surface area contributed by atoms with Crippen molar-refractivity contribution >= 4 is 17.5 Å². The Balaban J connectivity index is 2.65. The minimum atomic E-state index is -0.486. The second-order valence-electron chi connectivity index (χ2n) is 3.57.